The van der Waals surface area contributed by atoms with E-state index >= 15 is 0 Å². The molecule has 0 saturated heterocycles. The van der Waals surface area contributed by atoms with Gasteiger partial charge in [-0.25, -0.2) is 4.98 Å². The zero-order chi connectivity index (χ0) is 20.1. The lowest BCUT2D eigenvalue weighted by atomic mass is 10.2. The molecule has 28 heavy (non-hydrogen) atoms. The van der Waals surface area contributed by atoms with Gasteiger partial charge in [-0.15, -0.1) is 0 Å². The molecule has 2 aromatic carbocycles. The van der Waals surface area contributed by atoms with Crippen LogP contribution in [0.1, 0.15) is 11.4 Å². The number of hydrogen-bond acceptors (Lipinski definition) is 5. The first-order chi connectivity index (χ1) is 13.5. The van der Waals surface area contributed by atoms with Crippen molar-refractivity contribution in [3.05, 3.63) is 64.2 Å². The molecule has 0 atom stereocenters. The smallest absolute Gasteiger partial charge is 0.387 e. The topological polar surface area (TPSA) is 93.3 Å². The summed E-state index contributed by atoms with van der Waals surface area (Å²) in [6.45, 7) is -2.72. The van der Waals surface area contributed by atoms with Crippen LogP contribution in [-0.4, -0.2) is 29.6 Å². The first-order valence-corrected chi connectivity index (χ1v) is 8.32. The van der Waals surface area contributed by atoms with Crippen molar-refractivity contribution in [3.63, 3.8) is 0 Å². The number of ether oxygens (including phenoxy) is 2. The van der Waals surface area contributed by atoms with Crippen LogP contribution in [-0.2, 0) is 17.8 Å². The van der Waals surface area contributed by atoms with Crippen LogP contribution in [0, 0.1) is 0 Å². The Morgan fingerprint density at radius 3 is 2.64 bits per heavy atom. The molecule has 0 spiro atoms. The van der Waals surface area contributed by atoms with E-state index in [0.717, 1.165) is 5.56 Å². The second kappa shape index (κ2) is 8.47. The third-order valence-electron chi connectivity index (χ3n) is 3.92. The van der Waals surface area contributed by atoms with Crippen molar-refractivity contribution in [1.29, 1.82) is 0 Å². The van der Waals surface area contributed by atoms with Crippen LogP contribution in [0.3, 0.4) is 0 Å². The Morgan fingerprint density at radius 2 is 1.96 bits per heavy atom. The molecule has 0 unspecified atom stereocenters. The Bertz CT molecular complexity index is 1040. The summed E-state index contributed by atoms with van der Waals surface area (Å²) in [6.07, 6.45) is -0.172. The Balaban J connectivity index is 1.81. The molecule has 0 aliphatic heterocycles. The van der Waals surface area contributed by atoms with Crippen LogP contribution in [0.4, 0.5) is 8.78 Å². The van der Waals surface area contributed by atoms with Gasteiger partial charge in [0.1, 0.15) is 5.82 Å². The van der Waals surface area contributed by atoms with Gasteiger partial charge in [-0.3, -0.25) is 9.59 Å². The molecular formula is C19H17F2N3O4. The van der Waals surface area contributed by atoms with Crippen LogP contribution in [0.15, 0.2) is 47.3 Å². The number of rotatable bonds is 7. The van der Waals surface area contributed by atoms with E-state index in [9.17, 15) is 18.4 Å². The largest absolute Gasteiger partial charge is 0.493 e. The van der Waals surface area contributed by atoms with E-state index in [1.165, 1.54) is 19.2 Å². The van der Waals surface area contributed by atoms with E-state index in [1.54, 1.807) is 0 Å². The number of amides is 1. The average molecular weight is 389 g/mol. The summed E-state index contributed by atoms with van der Waals surface area (Å²) in [5.74, 6) is -0.504. The lowest BCUT2D eigenvalue weighted by molar-refractivity contribution is -0.120. The number of aromatic amines is 1. The van der Waals surface area contributed by atoms with E-state index in [0.29, 0.717) is 6.54 Å². The van der Waals surface area contributed by atoms with Crippen LogP contribution in [0.2, 0.25) is 0 Å². The van der Waals surface area contributed by atoms with E-state index in [1.807, 2.05) is 30.3 Å². The van der Waals surface area contributed by atoms with E-state index < -0.39 is 12.2 Å². The summed E-state index contributed by atoms with van der Waals surface area (Å²) >= 11 is 0. The zero-order valence-corrected chi connectivity index (χ0v) is 14.9. The van der Waals surface area contributed by atoms with E-state index in [2.05, 4.69) is 20.0 Å². The lowest BCUT2D eigenvalue weighted by Crippen LogP contribution is -2.26. The van der Waals surface area contributed by atoms with Gasteiger partial charge in [0.15, 0.2) is 11.5 Å². The SMILES string of the molecule is COc1cc2c(=O)[nH]c(CC(=O)NCc3ccccc3)nc2cc1OC(F)F. The fourth-order valence-electron chi connectivity index (χ4n) is 2.64. The molecule has 0 aliphatic rings. The summed E-state index contributed by atoms with van der Waals surface area (Å²) in [7, 11) is 1.27. The van der Waals surface area contributed by atoms with Gasteiger partial charge in [0, 0.05) is 12.6 Å². The summed E-state index contributed by atoms with van der Waals surface area (Å²) < 4.78 is 34.5. The summed E-state index contributed by atoms with van der Waals surface area (Å²) in [5.41, 5.74) is 0.528. The molecule has 0 saturated carbocycles. The van der Waals surface area contributed by atoms with Crippen LogP contribution < -0.4 is 20.3 Å². The highest BCUT2D eigenvalue weighted by molar-refractivity contribution is 5.83. The highest BCUT2D eigenvalue weighted by Crippen LogP contribution is 2.31. The van der Waals surface area contributed by atoms with Gasteiger partial charge >= 0.3 is 6.61 Å². The van der Waals surface area contributed by atoms with Gasteiger partial charge in [0.25, 0.3) is 5.56 Å². The Kier molecular flexibility index (Phi) is 5.83. The number of H-pyrrole nitrogens is 1. The molecule has 0 bridgehead atoms. The van der Waals surface area contributed by atoms with Gasteiger partial charge in [-0.2, -0.15) is 8.78 Å². The Morgan fingerprint density at radius 1 is 1.21 bits per heavy atom. The summed E-state index contributed by atoms with van der Waals surface area (Å²) in [6, 6.07) is 11.8. The van der Waals surface area contributed by atoms with Gasteiger partial charge < -0.3 is 19.8 Å². The number of methoxy groups -OCH3 is 1. The van der Waals surface area contributed by atoms with Gasteiger partial charge in [0.05, 0.1) is 24.4 Å². The highest BCUT2D eigenvalue weighted by atomic mass is 19.3. The maximum absolute atomic E-state index is 12.6. The maximum Gasteiger partial charge on any atom is 0.387 e. The number of carbonyl (C=O) groups excluding carboxylic acids is 1. The fourth-order valence-corrected chi connectivity index (χ4v) is 2.64. The van der Waals surface area contributed by atoms with Crippen LogP contribution in [0.25, 0.3) is 10.9 Å². The second-order valence-corrected chi connectivity index (χ2v) is 5.85. The summed E-state index contributed by atoms with van der Waals surface area (Å²) in [5, 5.41) is 2.86. The number of aromatic nitrogens is 2. The van der Waals surface area contributed by atoms with Crippen molar-refractivity contribution in [2.45, 2.75) is 19.6 Å². The van der Waals surface area contributed by atoms with Crippen LogP contribution in [0.5, 0.6) is 11.5 Å². The molecule has 2 N–H and O–H groups in total. The predicted octanol–water partition coefficient (Wildman–Crippen LogP) is 2.39. The molecule has 1 aromatic heterocycles. The number of benzene rings is 2. The third kappa shape index (κ3) is 4.61. The quantitative estimate of drug-likeness (QED) is 0.647. The molecule has 0 aliphatic carbocycles. The molecule has 1 amide bonds. The average Bonchev–Trinajstić information content (AvgIpc) is 2.66. The Labute approximate surface area is 158 Å². The number of fused-ring (bicyclic) bond motifs is 1. The van der Waals surface area contributed by atoms with Crippen molar-refractivity contribution in [1.82, 2.24) is 15.3 Å². The molecule has 0 radical (unpaired) electrons. The minimum atomic E-state index is -3.06. The third-order valence-corrected chi connectivity index (χ3v) is 3.92. The number of nitrogens with zero attached hydrogens (tertiary/aromatic N) is 1. The second-order valence-electron chi connectivity index (χ2n) is 5.85. The maximum atomic E-state index is 12.6. The fraction of sp³-hybridized carbons (Fsp3) is 0.211. The molecule has 3 rings (SSSR count). The van der Waals surface area contributed by atoms with Crippen molar-refractivity contribution in [2.75, 3.05) is 7.11 Å². The number of nitrogens with one attached hydrogen (secondary N) is 2. The number of alkyl halides is 2. The predicted molar refractivity (Wildman–Crippen MR) is 97.5 cm³/mol. The first kappa shape index (κ1) is 19.3. The number of carbonyl (C=O) groups is 1. The first-order valence-electron chi connectivity index (χ1n) is 8.32. The van der Waals surface area contributed by atoms with Gasteiger partial charge in [-0.1, -0.05) is 30.3 Å². The minimum Gasteiger partial charge on any atom is -0.493 e. The zero-order valence-electron chi connectivity index (χ0n) is 14.9. The molecule has 0 fully saturated rings. The highest BCUT2D eigenvalue weighted by Gasteiger charge is 2.15. The van der Waals surface area contributed by atoms with Gasteiger partial charge in [-0.05, 0) is 11.6 Å². The number of halogens is 2. The van der Waals surface area contributed by atoms with Crippen molar-refractivity contribution >= 4 is 16.8 Å². The van der Waals surface area contributed by atoms with Crippen LogP contribution >= 0.6 is 0 Å². The lowest BCUT2D eigenvalue weighted by Gasteiger charge is -2.11. The molecule has 7 nitrogen and oxygen atoms in total. The van der Waals surface area contributed by atoms with Crippen molar-refractivity contribution in [2.24, 2.45) is 0 Å². The summed E-state index contributed by atoms with van der Waals surface area (Å²) in [4.78, 5) is 31.1. The van der Waals surface area contributed by atoms with Crippen molar-refractivity contribution < 1.29 is 23.0 Å². The molecule has 146 valence electrons. The molecular weight excluding hydrogens is 372 g/mol. The van der Waals surface area contributed by atoms with E-state index in [4.69, 9.17) is 4.74 Å². The number of hydrogen-bond donors (Lipinski definition) is 2. The van der Waals surface area contributed by atoms with E-state index in [-0.39, 0.29) is 40.6 Å². The van der Waals surface area contributed by atoms with Gasteiger partial charge in [0.2, 0.25) is 5.91 Å². The molecule has 9 heteroatoms. The Hall–Kier alpha value is -3.49. The monoisotopic (exact) mass is 389 g/mol. The van der Waals surface area contributed by atoms with Crippen molar-refractivity contribution in [3.8, 4) is 11.5 Å². The molecule has 3 aromatic rings. The minimum absolute atomic E-state index is 0.0199. The standard InChI is InChI=1S/C19H17F2N3O4/c1-27-14-7-12-13(8-15(14)28-19(20)21)23-16(24-18(12)26)9-17(25)22-10-11-5-3-2-4-6-11/h2-8,19H,9-10H2,1H3,(H,22,25)(H,23,24,26). The normalized spacial score (nSPS) is 10.9. The molecule has 1 heterocycles.